The molecule has 0 aliphatic carbocycles. The maximum absolute atomic E-state index is 9.14. The molecule has 0 radical (unpaired) electrons. The minimum absolute atomic E-state index is 0.608. The Labute approximate surface area is 67.0 Å². The van der Waals surface area contributed by atoms with Crippen LogP contribution in [0, 0.1) is 0 Å². The van der Waals surface area contributed by atoms with Crippen LogP contribution >= 0.6 is 0 Å². The molecular weight excluding hydrogens is 138 g/mol. The summed E-state index contributed by atoms with van der Waals surface area (Å²) in [6.45, 7) is 3.19. The van der Waals surface area contributed by atoms with Gasteiger partial charge in [-0.1, -0.05) is 37.3 Å². The van der Waals surface area contributed by atoms with E-state index in [2.05, 4.69) is 0 Å². The van der Waals surface area contributed by atoms with Crippen LogP contribution < -0.4 is 0 Å². The quantitative estimate of drug-likeness (QED) is 0.667. The first-order valence-corrected chi connectivity index (χ1v) is 3.80. The molecule has 0 heterocycles. The maximum Gasteiger partial charge on any atom is 0.0488 e. The van der Waals surface area contributed by atoms with Crippen LogP contribution in [0.1, 0.15) is 12.5 Å². The highest BCUT2D eigenvalue weighted by Gasteiger charge is 1.96. The average Bonchev–Trinajstić information content (AvgIpc) is 2.06. The van der Waals surface area contributed by atoms with E-state index < -0.39 is 0 Å². The summed E-state index contributed by atoms with van der Waals surface area (Å²) in [6, 6.07) is 9.91. The van der Waals surface area contributed by atoms with Crippen molar-refractivity contribution in [2.75, 3.05) is 6.54 Å². The van der Waals surface area contributed by atoms with Gasteiger partial charge in [-0.25, -0.2) is 0 Å². The van der Waals surface area contributed by atoms with E-state index in [-0.39, 0.29) is 0 Å². The molecule has 1 aromatic rings. The Morgan fingerprint density at radius 2 is 1.91 bits per heavy atom. The van der Waals surface area contributed by atoms with Crippen LogP contribution in [0.4, 0.5) is 0 Å². The lowest BCUT2D eigenvalue weighted by molar-refractivity contribution is -0.0946. The Kier molecular flexibility index (Phi) is 3.08. The maximum atomic E-state index is 9.14. The minimum Gasteiger partial charge on any atom is -0.314 e. The summed E-state index contributed by atoms with van der Waals surface area (Å²) in [5, 5.41) is 10.4. The second kappa shape index (κ2) is 4.11. The van der Waals surface area contributed by atoms with Crippen molar-refractivity contribution in [3.63, 3.8) is 0 Å². The van der Waals surface area contributed by atoms with Crippen molar-refractivity contribution in [1.29, 1.82) is 0 Å². The van der Waals surface area contributed by atoms with Gasteiger partial charge in [-0.3, -0.25) is 0 Å². The minimum atomic E-state index is 0.608. The van der Waals surface area contributed by atoms with Gasteiger partial charge < -0.3 is 5.21 Å². The number of nitrogens with zero attached hydrogens (tertiary/aromatic N) is 1. The Morgan fingerprint density at radius 1 is 1.27 bits per heavy atom. The van der Waals surface area contributed by atoms with Crippen LogP contribution in [0.5, 0.6) is 0 Å². The normalized spacial score (nSPS) is 10.5. The third-order valence-electron chi connectivity index (χ3n) is 1.57. The van der Waals surface area contributed by atoms with Crippen molar-refractivity contribution < 1.29 is 5.21 Å². The predicted octanol–water partition coefficient (Wildman–Crippen LogP) is 1.90. The molecular formula is C9H13NO. The molecule has 0 spiro atoms. The molecule has 2 heteroatoms. The second-order valence-corrected chi connectivity index (χ2v) is 2.47. The lowest BCUT2D eigenvalue weighted by atomic mass is 10.2. The highest BCUT2D eigenvalue weighted by atomic mass is 16.5. The number of hydroxylamine groups is 2. The van der Waals surface area contributed by atoms with Crippen LogP contribution in [0.15, 0.2) is 30.3 Å². The van der Waals surface area contributed by atoms with E-state index in [0.717, 1.165) is 5.56 Å². The van der Waals surface area contributed by atoms with Crippen molar-refractivity contribution in [2.45, 2.75) is 13.5 Å². The van der Waals surface area contributed by atoms with Crippen molar-refractivity contribution in [2.24, 2.45) is 0 Å². The van der Waals surface area contributed by atoms with Crippen LogP contribution in [-0.4, -0.2) is 16.8 Å². The summed E-state index contributed by atoms with van der Waals surface area (Å²) in [4.78, 5) is 0. The highest BCUT2D eigenvalue weighted by molar-refractivity contribution is 5.13. The third-order valence-corrected chi connectivity index (χ3v) is 1.57. The zero-order chi connectivity index (χ0) is 8.10. The number of hydrogen-bond donors (Lipinski definition) is 1. The zero-order valence-corrected chi connectivity index (χ0v) is 6.70. The van der Waals surface area contributed by atoms with Gasteiger partial charge >= 0.3 is 0 Å². The fraction of sp³-hybridized carbons (Fsp3) is 0.333. The van der Waals surface area contributed by atoms with Crippen LogP contribution in [0.3, 0.4) is 0 Å². The summed E-state index contributed by atoms with van der Waals surface area (Å²) in [7, 11) is 0. The Hall–Kier alpha value is -0.860. The van der Waals surface area contributed by atoms with Gasteiger partial charge in [0.2, 0.25) is 0 Å². The molecule has 0 saturated carbocycles. The third kappa shape index (κ3) is 2.70. The zero-order valence-electron chi connectivity index (χ0n) is 6.70. The largest absolute Gasteiger partial charge is 0.314 e. The first kappa shape index (κ1) is 8.24. The fourth-order valence-corrected chi connectivity index (χ4v) is 0.906. The number of benzene rings is 1. The van der Waals surface area contributed by atoms with Gasteiger partial charge in [-0.15, -0.1) is 0 Å². The van der Waals surface area contributed by atoms with Crippen molar-refractivity contribution >= 4 is 0 Å². The van der Waals surface area contributed by atoms with Gasteiger partial charge in [-0.2, -0.15) is 5.06 Å². The van der Waals surface area contributed by atoms with E-state index in [1.54, 1.807) is 0 Å². The summed E-state index contributed by atoms with van der Waals surface area (Å²) < 4.78 is 0. The van der Waals surface area contributed by atoms with Gasteiger partial charge in [-0.05, 0) is 5.56 Å². The molecule has 11 heavy (non-hydrogen) atoms. The van der Waals surface area contributed by atoms with E-state index >= 15 is 0 Å². The standard InChI is InChI=1S/C9H13NO/c1-2-10(11)8-9-6-4-3-5-7-9/h3-7,11H,2,8H2,1H3. The van der Waals surface area contributed by atoms with E-state index in [0.29, 0.717) is 13.1 Å². The Bertz CT molecular complexity index is 198. The van der Waals surface area contributed by atoms with Crippen LogP contribution in [0.25, 0.3) is 0 Å². The smallest absolute Gasteiger partial charge is 0.0488 e. The lowest BCUT2D eigenvalue weighted by Gasteiger charge is -2.10. The van der Waals surface area contributed by atoms with E-state index in [4.69, 9.17) is 5.21 Å². The van der Waals surface area contributed by atoms with E-state index in [1.165, 1.54) is 5.06 Å². The molecule has 0 amide bonds. The average molecular weight is 151 g/mol. The molecule has 0 aromatic heterocycles. The SMILES string of the molecule is CCN(O)Cc1ccccc1. The topological polar surface area (TPSA) is 23.5 Å². The van der Waals surface area contributed by atoms with Crippen molar-refractivity contribution in [3.05, 3.63) is 35.9 Å². The van der Waals surface area contributed by atoms with E-state index in [1.807, 2.05) is 37.3 Å². The molecule has 0 aliphatic rings. The molecule has 0 unspecified atom stereocenters. The lowest BCUT2D eigenvalue weighted by Crippen LogP contribution is -2.17. The highest BCUT2D eigenvalue weighted by Crippen LogP contribution is 2.00. The van der Waals surface area contributed by atoms with E-state index in [9.17, 15) is 0 Å². The van der Waals surface area contributed by atoms with Crippen molar-refractivity contribution in [3.8, 4) is 0 Å². The Morgan fingerprint density at radius 3 is 2.45 bits per heavy atom. The molecule has 0 saturated heterocycles. The molecule has 0 bridgehead atoms. The molecule has 60 valence electrons. The monoisotopic (exact) mass is 151 g/mol. The van der Waals surface area contributed by atoms with Crippen LogP contribution in [0.2, 0.25) is 0 Å². The summed E-state index contributed by atoms with van der Waals surface area (Å²) >= 11 is 0. The Balaban J connectivity index is 2.51. The number of hydrogen-bond acceptors (Lipinski definition) is 2. The first-order chi connectivity index (χ1) is 5.33. The first-order valence-electron chi connectivity index (χ1n) is 3.80. The molecule has 1 N–H and O–H groups in total. The van der Waals surface area contributed by atoms with Crippen LogP contribution in [-0.2, 0) is 6.54 Å². The summed E-state index contributed by atoms with van der Waals surface area (Å²) in [6.07, 6.45) is 0. The predicted molar refractivity (Wildman–Crippen MR) is 44.3 cm³/mol. The fourth-order valence-electron chi connectivity index (χ4n) is 0.906. The van der Waals surface area contributed by atoms with Gasteiger partial charge in [0.15, 0.2) is 0 Å². The van der Waals surface area contributed by atoms with Gasteiger partial charge in [0.1, 0.15) is 0 Å². The molecule has 0 atom stereocenters. The molecule has 2 nitrogen and oxygen atoms in total. The van der Waals surface area contributed by atoms with Gasteiger partial charge in [0.25, 0.3) is 0 Å². The van der Waals surface area contributed by atoms with Crippen molar-refractivity contribution in [1.82, 2.24) is 5.06 Å². The molecule has 0 aliphatic heterocycles. The summed E-state index contributed by atoms with van der Waals surface area (Å²) in [5.74, 6) is 0. The molecule has 1 aromatic carbocycles. The van der Waals surface area contributed by atoms with Gasteiger partial charge in [0.05, 0.1) is 0 Å². The number of rotatable bonds is 3. The molecule has 0 fully saturated rings. The van der Waals surface area contributed by atoms with Gasteiger partial charge in [0, 0.05) is 13.1 Å². The molecule has 1 rings (SSSR count). The second-order valence-electron chi connectivity index (χ2n) is 2.47. The summed E-state index contributed by atoms with van der Waals surface area (Å²) in [5.41, 5.74) is 1.14.